The van der Waals surface area contributed by atoms with Crippen LogP contribution in [-0.4, -0.2) is 19.7 Å². The van der Waals surface area contributed by atoms with Gasteiger partial charge in [0.1, 0.15) is 0 Å². The van der Waals surface area contributed by atoms with Crippen LogP contribution in [0.3, 0.4) is 0 Å². The number of halogens is 1. The van der Waals surface area contributed by atoms with Gasteiger partial charge in [-0.05, 0) is 20.8 Å². The standard InChI is InChI=1S/C7H14BrNO2S/c1-6(8)5-9-12(10,11)7(2,3)4/h9H,1,5H2,2-4H3. The van der Waals surface area contributed by atoms with Crippen molar-refractivity contribution in [1.29, 1.82) is 0 Å². The number of sulfonamides is 1. The van der Waals surface area contributed by atoms with Gasteiger partial charge in [0.15, 0.2) is 0 Å². The topological polar surface area (TPSA) is 46.2 Å². The lowest BCUT2D eigenvalue weighted by Gasteiger charge is -2.19. The Kier molecular flexibility index (Phi) is 3.93. The average Bonchev–Trinajstić information content (AvgIpc) is 1.81. The Morgan fingerprint density at radius 1 is 1.50 bits per heavy atom. The van der Waals surface area contributed by atoms with Crippen LogP contribution in [-0.2, 0) is 10.0 Å². The summed E-state index contributed by atoms with van der Waals surface area (Å²) >= 11 is 3.07. The Morgan fingerprint density at radius 2 is 1.92 bits per heavy atom. The normalized spacial score (nSPS) is 13.0. The van der Waals surface area contributed by atoms with Crippen molar-refractivity contribution in [1.82, 2.24) is 4.72 Å². The van der Waals surface area contributed by atoms with E-state index in [-0.39, 0.29) is 6.54 Å². The molecule has 0 rings (SSSR count). The Morgan fingerprint density at radius 3 is 2.17 bits per heavy atom. The zero-order valence-electron chi connectivity index (χ0n) is 7.52. The second kappa shape index (κ2) is 3.89. The van der Waals surface area contributed by atoms with Gasteiger partial charge in [0.05, 0.1) is 4.75 Å². The Hall–Kier alpha value is 0.130. The Bertz CT molecular complexity index is 264. The molecule has 0 aliphatic rings. The molecule has 0 amide bonds. The van der Waals surface area contributed by atoms with Gasteiger partial charge in [0.25, 0.3) is 0 Å². The third kappa shape index (κ3) is 3.69. The lowest BCUT2D eigenvalue weighted by atomic mass is 10.3. The van der Waals surface area contributed by atoms with Crippen LogP contribution in [0.5, 0.6) is 0 Å². The Balaban J connectivity index is 4.37. The second-order valence-corrected chi connectivity index (χ2v) is 7.10. The fourth-order valence-corrected chi connectivity index (χ4v) is 1.51. The van der Waals surface area contributed by atoms with Gasteiger partial charge in [-0.1, -0.05) is 22.5 Å². The minimum absolute atomic E-state index is 0.236. The second-order valence-electron chi connectivity index (χ2n) is 3.45. The molecule has 12 heavy (non-hydrogen) atoms. The molecule has 3 nitrogen and oxygen atoms in total. The number of hydrogen-bond acceptors (Lipinski definition) is 2. The summed E-state index contributed by atoms with van der Waals surface area (Å²) in [7, 11) is -3.23. The van der Waals surface area contributed by atoms with Crippen molar-refractivity contribution in [3.63, 3.8) is 0 Å². The molecule has 0 aliphatic carbocycles. The minimum atomic E-state index is -3.23. The lowest BCUT2D eigenvalue weighted by molar-refractivity contribution is 0.549. The SMILES string of the molecule is C=C(Br)CNS(=O)(=O)C(C)(C)C. The molecule has 0 saturated heterocycles. The number of nitrogens with one attached hydrogen (secondary N) is 1. The summed E-state index contributed by atoms with van der Waals surface area (Å²) in [5.74, 6) is 0. The van der Waals surface area contributed by atoms with Crippen LogP contribution < -0.4 is 4.72 Å². The first-order valence-electron chi connectivity index (χ1n) is 3.49. The molecule has 0 heterocycles. The highest BCUT2D eigenvalue weighted by Gasteiger charge is 2.28. The van der Waals surface area contributed by atoms with E-state index in [2.05, 4.69) is 27.2 Å². The van der Waals surface area contributed by atoms with Crippen molar-refractivity contribution in [2.24, 2.45) is 0 Å². The predicted octanol–water partition coefficient (Wildman–Crippen LogP) is 1.61. The highest BCUT2D eigenvalue weighted by molar-refractivity contribution is 9.11. The molecule has 1 N–H and O–H groups in total. The molecule has 0 aromatic heterocycles. The van der Waals surface area contributed by atoms with Gasteiger partial charge in [0.2, 0.25) is 10.0 Å². The number of rotatable bonds is 3. The maximum absolute atomic E-state index is 11.4. The van der Waals surface area contributed by atoms with Crippen molar-refractivity contribution >= 4 is 26.0 Å². The quantitative estimate of drug-likeness (QED) is 0.833. The zero-order chi connectivity index (χ0) is 9.99. The molecular formula is C7H14BrNO2S. The van der Waals surface area contributed by atoms with Gasteiger partial charge < -0.3 is 0 Å². The molecule has 0 aromatic rings. The van der Waals surface area contributed by atoms with Gasteiger partial charge >= 0.3 is 0 Å². The van der Waals surface area contributed by atoms with Crippen molar-refractivity contribution in [2.75, 3.05) is 6.54 Å². The Labute approximate surface area is 82.4 Å². The maximum atomic E-state index is 11.4. The van der Waals surface area contributed by atoms with Crippen LogP contribution >= 0.6 is 15.9 Å². The van der Waals surface area contributed by atoms with Crippen molar-refractivity contribution < 1.29 is 8.42 Å². The third-order valence-corrected chi connectivity index (χ3v) is 3.68. The molecule has 0 aromatic carbocycles. The summed E-state index contributed by atoms with van der Waals surface area (Å²) in [5.41, 5.74) is 0. The predicted molar refractivity (Wildman–Crippen MR) is 54.7 cm³/mol. The molecule has 0 atom stereocenters. The van der Waals surface area contributed by atoms with Gasteiger partial charge in [-0.15, -0.1) is 0 Å². The molecule has 0 spiro atoms. The van der Waals surface area contributed by atoms with Gasteiger partial charge in [0, 0.05) is 11.0 Å². The fraction of sp³-hybridized carbons (Fsp3) is 0.714. The van der Waals surface area contributed by atoms with Crippen LogP contribution in [0, 0.1) is 0 Å². The van der Waals surface area contributed by atoms with E-state index < -0.39 is 14.8 Å². The van der Waals surface area contributed by atoms with Crippen LogP contribution in [0.2, 0.25) is 0 Å². The highest BCUT2D eigenvalue weighted by atomic mass is 79.9. The van der Waals surface area contributed by atoms with E-state index >= 15 is 0 Å². The molecular weight excluding hydrogens is 242 g/mol. The number of hydrogen-bond donors (Lipinski definition) is 1. The van der Waals surface area contributed by atoms with Gasteiger partial charge in [-0.2, -0.15) is 0 Å². The molecule has 72 valence electrons. The van der Waals surface area contributed by atoms with Crippen LogP contribution in [0.15, 0.2) is 11.1 Å². The molecule has 0 fully saturated rings. The van der Waals surface area contributed by atoms with E-state index in [1.807, 2.05) is 0 Å². The van der Waals surface area contributed by atoms with E-state index in [4.69, 9.17) is 0 Å². The third-order valence-electron chi connectivity index (χ3n) is 1.26. The molecule has 0 saturated carbocycles. The molecule has 5 heteroatoms. The summed E-state index contributed by atoms with van der Waals surface area (Å²) in [4.78, 5) is 0. The van der Waals surface area contributed by atoms with Crippen LogP contribution in [0.25, 0.3) is 0 Å². The molecule has 0 radical (unpaired) electrons. The summed E-state index contributed by atoms with van der Waals surface area (Å²) in [5, 5.41) is 0. The van der Waals surface area contributed by atoms with Crippen LogP contribution in [0.4, 0.5) is 0 Å². The minimum Gasteiger partial charge on any atom is -0.212 e. The molecule has 0 bridgehead atoms. The van der Waals surface area contributed by atoms with Gasteiger partial charge in [-0.25, -0.2) is 13.1 Å². The molecule has 0 aliphatic heterocycles. The van der Waals surface area contributed by atoms with E-state index in [1.54, 1.807) is 20.8 Å². The lowest BCUT2D eigenvalue weighted by Crippen LogP contribution is -2.39. The zero-order valence-corrected chi connectivity index (χ0v) is 9.92. The highest BCUT2D eigenvalue weighted by Crippen LogP contribution is 2.13. The average molecular weight is 256 g/mol. The first-order chi connectivity index (χ1) is 5.17. The summed E-state index contributed by atoms with van der Waals surface area (Å²) in [6, 6.07) is 0. The molecule has 0 unspecified atom stereocenters. The first kappa shape index (κ1) is 12.1. The van der Waals surface area contributed by atoms with E-state index in [1.165, 1.54) is 0 Å². The summed E-state index contributed by atoms with van der Waals surface area (Å²) in [6.07, 6.45) is 0. The summed E-state index contributed by atoms with van der Waals surface area (Å²) < 4.78 is 25.0. The monoisotopic (exact) mass is 255 g/mol. The fourth-order valence-electron chi connectivity index (χ4n) is 0.390. The van der Waals surface area contributed by atoms with E-state index in [0.717, 1.165) is 0 Å². The smallest absolute Gasteiger partial charge is 0.212 e. The first-order valence-corrected chi connectivity index (χ1v) is 5.77. The largest absolute Gasteiger partial charge is 0.216 e. The van der Waals surface area contributed by atoms with Gasteiger partial charge in [-0.3, -0.25) is 0 Å². The van der Waals surface area contributed by atoms with Crippen LogP contribution in [0.1, 0.15) is 20.8 Å². The van der Waals surface area contributed by atoms with Crippen molar-refractivity contribution in [3.8, 4) is 0 Å². The van der Waals surface area contributed by atoms with E-state index in [9.17, 15) is 8.42 Å². The van der Waals surface area contributed by atoms with E-state index in [0.29, 0.717) is 4.48 Å². The maximum Gasteiger partial charge on any atom is 0.216 e. The van der Waals surface area contributed by atoms with Crippen molar-refractivity contribution in [2.45, 2.75) is 25.5 Å². The van der Waals surface area contributed by atoms with Crippen molar-refractivity contribution in [3.05, 3.63) is 11.1 Å². The summed E-state index contributed by atoms with van der Waals surface area (Å²) in [6.45, 7) is 8.70.